The molecule has 2 rings (SSSR count). The topological polar surface area (TPSA) is 77.2 Å². The van der Waals surface area contributed by atoms with Gasteiger partial charge in [-0.1, -0.05) is 11.6 Å². The van der Waals surface area contributed by atoms with Gasteiger partial charge in [0.2, 0.25) is 0 Å². The fraction of sp³-hybridized carbons (Fsp3) is 0.222. The van der Waals surface area contributed by atoms with Crippen LogP contribution in [0.2, 0.25) is 5.02 Å². The third-order valence-corrected chi connectivity index (χ3v) is 2.62. The molecule has 1 aromatic carbocycles. The summed E-state index contributed by atoms with van der Waals surface area (Å²) < 4.78 is 37.3. The third kappa shape index (κ3) is 3.33. The van der Waals surface area contributed by atoms with E-state index in [1.165, 1.54) is 0 Å². The third-order valence-electron chi connectivity index (χ3n) is 2.31. The van der Waals surface area contributed by atoms with E-state index in [1.54, 1.807) is 0 Å². The fourth-order valence-corrected chi connectivity index (χ4v) is 1.68. The number of hydrogen-bond donors (Lipinski definition) is 5. The van der Waals surface area contributed by atoms with Crippen LogP contribution in [0.15, 0.2) is 18.2 Å². The molecule has 0 bridgehead atoms. The first-order valence-electron chi connectivity index (χ1n) is 5.06. The molecule has 1 fully saturated rings. The van der Waals surface area contributed by atoms with Gasteiger partial charge in [-0.3, -0.25) is 4.79 Å². The molecule has 0 saturated carbocycles. The van der Waals surface area contributed by atoms with Crippen molar-refractivity contribution >= 4 is 17.5 Å². The first-order valence-corrected chi connectivity index (χ1v) is 5.44. The lowest BCUT2D eigenvalue weighted by molar-refractivity contribution is -0.137. The van der Waals surface area contributed by atoms with Crippen LogP contribution in [0.4, 0.5) is 13.2 Å². The first kappa shape index (κ1) is 14.0. The minimum absolute atomic E-state index is 0.0508. The average molecular weight is 296 g/mol. The minimum Gasteiger partial charge on any atom is -0.322 e. The van der Waals surface area contributed by atoms with E-state index in [9.17, 15) is 18.0 Å². The van der Waals surface area contributed by atoms with Crippen LogP contribution in [0.1, 0.15) is 15.9 Å². The molecule has 0 unspecified atom stereocenters. The van der Waals surface area contributed by atoms with E-state index in [-0.39, 0.29) is 10.6 Å². The van der Waals surface area contributed by atoms with Crippen molar-refractivity contribution in [1.29, 1.82) is 0 Å². The van der Waals surface area contributed by atoms with Crippen molar-refractivity contribution < 1.29 is 18.0 Å². The first-order chi connectivity index (χ1) is 8.88. The lowest BCUT2D eigenvalue weighted by Crippen LogP contribution is -2.49. The zero-order chi connectivity index (χ0) is 14.0. The summed E-state index contributed by atoms with van der Waals surface area (Å²) in [6.07, 6.45) is -5.12. The van der Waals surface area contributed by atoms with E-state index in [0.717, 1.165) is 12.1 Å². The molecule has 1 aromatic rings. The van der Waals surface area contributed by atoms with Crippen molar-refractivity contribution in [3.63, 3.8) is 0 Å². The number of alkyl halides is 3. The van der Waals surface area contributed by atoms with Crippen LogP contribution in [-0.2, 0) is 6.18 Å². The molecule has 5 N–H and O–H groups in total. The van der Waals surface area contributed by atoms with Gasteiger partial charge in [0, 0.05) is 0 Å². The van der Waals surface area contributed by atoms with Crippen molar-refractivity contribution in [3.05, 3.63) is 34.3 Å². The monoisotopic (exact) mass is 295 g/mol. The summed E-state index contributed by atoms with van der Waals surface area (Å²) in [5.74, 6) is -0.616. The van der Waals surface area contributed by atoms with Crippen LogP contribution in [0.25, 0.3) is 0 Å². The van der Waals surface area contributed by atoms with Gasteiger partial charge in [-0.25, -0.2) is 10.9 Å². The van der Waals surface area contributed by atoms with Gasteiger partial charge in [0.25, 0.3) is 5.91 Å². The van der Waals surface area contributed by atoms with Gasteiger partial charge in [0.1, 0.15) is 0 Å². The molecular weight excluding hydrogens is 287 g/mol. The molecule has 0 atom stereocenters. The van der Waals surface area contributed by atoms with E-state index >= 15 is 0 Å². The summed E-state index contributed by atoms with van der Waals surface area (Å²) in [5, 5.41) is 2.17. The molecule has 1 amide bonds. The number of benzene rings is 1. The largest absolute Gasteiger partial charge is 0.416 e. The number of carbonyl (C=O) groups is 1. The van der Waals surface area contributed by atoms with Gasteiger partial charge < -0.3 is 5.32 Å². The minimum atomic E-state index is -4.50. The second kappa shape index (κ2) is 5.31. The summed E-state index contributed by atoms with van der Waals surface area (Å²) >= 11 is 5.68. The van der Waals surface area contributed by atoms with Gasteiger partial charge in [0.05, 0.1) is 16.1 Å². The Hall–Kier alpha value is -1.39. The quantitative estimate of drug-likeness (QED) is 0.549. The Balaban J connectivity index is 2.14. The van der Waals surface area contributed by atoms with Crippen LogP contribution >= 0.6 is 11.6 Å². The van der Waals surface area contributed by atoms with Gasteiger partial charge in [-0.05, 0) is 18.2 Å². The molecule has 1 aliphatic heterocycles. The summed E-state index contributed by atoms with van der Waals surface area (Å²) in [7, 11) is 0. The van der Waals surface area contributed by atoms with Crippen LogP contribution in [0.3, 0.4) is 0 Å². The number of hydrazine groups is 3. The molecule has 1 saturated heterocycles. The lowest BCUT2D eigenvalue weighted by atomic mass is 10.1. The maximum atomic E-state index is 12.4. The van der Waals surface area contributed by atoms with Gasteiger partial charge in [-0.2, -0.15) is 24.2 Å². The van der Waals surface area contributed by atoms with Crippen LogP contribution in [0.5, 0.6) is 0 Å². The number of amides is 1. The molecule has 19 heavy (non-hydrogen) atoms. The van der Waals surface area contributed by atoms with Crippen molar-refractivity contribution in [2.24, 2.45) is 0 Å². The SMILES string of the molecule is O=C(NC1NNNN1)c1ccc(C(F)(F)F)cc1Cl. The van der Waals surface area contributed by atoms with Crippen molar-refractivity contribution in [3.8, 4) is 0 Å². The highest BCUT2D eigenvalue weighted by Crippen LogP contribution is 2.32. The molecule has 1 heterocycles. The van der Waals surface area contributed by atoms with E-state index in [4.69, 9.17) is 11.6 Å². The maximum absolute atomic E-state index is 12.4. The number of hydrogen-bond acceptors (Lipinski definition) is 5. The van der Waals surface area contributed by atoms with Crippen LogP contribution in [-0.4, -0.2) is 12.2 Å². The van der Waals surface area contributed by atoms with Crippen molar-refractivity contribution in [1.82, 2.24) is 27.2 Å². The lowest BCUT2D eigenvalue weighted by Gasteiger charge is -2.13. The molecule has 10 heteroatoms. The predicted molar refractivity (Wildman–Crippen MR) is 60.3 cm³/mol. The number of rotatable bonds is 2. The van der Waals surface area contributed by atoms with Gasteiger partial charge >= 0.3 is 6.18 Å². The molecule has 0 radical (unpaired) electrons. The van der Waals surface area contributed by atoms with Gasteiger partial charge in [-0.15, -0.1) is 0 Å². The molecule has 6 nitrogen and oxygen atoms in total. The highest BCUT2D eigenvalue weighted by molar-refractivity contribution is 6.33. The Morgan fingerprint density at radius 1 is 1.26 bits per heavy atom. The highest BCUT2D eigenvalue weighted by atomic mass is 35.5. The van der Waals surface area contributed by atoms with E-state index in [0.29, 0.717) is 6.07 Å². The standard InChI is InChI=1S/C9H9ClF3N5O/c10-6-3-4(9(11,12)13)1-2-5(6)7(19)14-8-15-17-18-16-8/h1-3,8,15-18H,(H,14,19). The zero-order valence-electron chi connectivity index (χ0n) is 9.23. The number of halogens is 4. The second-order valence-electron chi connectivity index (χ2n) is 3.64. The predicted octanol–water partition coefficient (Wildman–Crippen LogP) is 0.489. The van der Waals surface area contributed by atoms with Crippen molar-refractivity contribution in [2.45, 2.75) is 12.5 Å². The van der Waals surface area contributed by atoms with E-state index in [1.807, 2.05) is 0 Å². The Labute approximate surface area is 110 Å². The normalized spacial score (nSPS) is 16.6. The summed E-state index contributed by atoms with van der Waals surface area (Å²) in [6.45, 7) is 0. The fourth-order valence-electron chi connectivity index (χ4n) is 1.41. The summed E-state index contributed by atoms with van der Waals surface area (Å²) in [6, 6.07) is 2.53. The summed E-state index contributed by atoms with van der Waals surface area (Å²) in [4.78, 5) is 11.8. The smallest absolute Gasteiger partial charge is 0.322 e. The summed E-state index contributed by atoms with van der Waals surface area (Å²) in [5.41, 5.74) is 9.14. The number of nitrogens with one attached hydrogen (secondary N) is 5. The Kier molecular flexibility index (Phi) is 3.92. The highest BCUT2D eigenvalue weighted by Gasteiger charge is 2.31. The van der Waals surface area contributed by atoms with Crippen LogP contribution in [0, 0.1) is 0 Å². The molecule has 104 valence electrons. The van der Waals surface area contributed by atoms with Crippen molar-refractivity contribution in [2.75, 3.05) is 0 Å². The molecule has 0 aromatic heterocycles. The Morgan fingerprint density at radius 2 is 1.89 bits per heavy atom. The second-order valence-corrected chi connectivity index (χ2v) is 4.04. The maximum Gasteiger partial charge on any atom is 0.416 e. The molecule has 0 spiro atoms. The molecular formula is C9H9ClF3N5O. The Bertz CT molecular complexity index is 489. The Morgan fingerprint density at radius 3 is 2.42 bits per heavy atom. The van der Waals surface area contributed by atoms with Gasteiger partial charge in [0.15, 0.2) is 6.29 Å². The van der Waals surface area contributed by atoms with Crippen LogP contribution < -0.4 is 27.2 Å². The zero-order valence-corrected chi connectivity index (χ0v) is 9.99. The van der Waals surface area contributed by atoms with E-state index < -0.39 is 23.9 Å². The number of carbonyl (C=O) groups excluding carboxylic acids is 1. The molecule has 0 aliphatic carbocycles. The average Bonchev–Trinajstić information content (AvgIpc) is 2.80. The van der Waals surface area contributed by atoms with E-state index in [2.05, 4.69) is 27.2 Å². The molecule has 1 aliphatic rings.